The number of benzene rings is 1. The van der Waals surface area contributed by atoms with Crippen molar-refractivity contribution in [3.8, 4) is 5.75 Å². The van der Waals surface area contributed by atoms with E-state index < -0.39 is 5.97 Å². The third kappa shape index (κ3) is 3.50. The molecule has 1 aromatic carbocycles. The molecular formula is C15H19NO4. The number of rotatable bonds is 4. The van der Waals surface area contributed by atoms with Crippen molar-refractivity contribution in [2.24, 2.45) is 0 Å². The van der Waals surface area contributed by atoms with Crippen molar-refractivity contribution in [1.29, 1.82) is 0 Å². The van der Waals surface area contributed by atoms with E-state index in [0.29, 0.717) is 18.5 Å². The Morgan fingerprint density at radius 2 is 2.10 bits per heavy atom. The average molecular weight is 277 g/mol. The molecule has 1 aliphatic rings. The van der Waals surface area contributed by atoms with E-state index in [4.69, 9.17) is 5.11 Å². The topological polar surface area (TPSA) is 77.8 Å². The fourth-order valence-corrected chi connectivity index (χ4v) is 2.66. The molecule has 1 amide bonds. The molecule has 1 atom stereocenters. The summed E-state index contributed by atoms with van der Waals surface area (Å²) in [5, 5.41) is 18.2. The number of nitrogens with zero attached hydrogens (tertiary/aromatic N) is 1. The number of hydrogen-bond acceptors (Lipinski definition) is 3. The van der Waals surface area contributed by atoms with Crippen LogP contribution in [0.4, 0.5) is 0 Å². The Labute approximate surface area is 117 Å². The molecule has 1 saturated heterocycles. The second-order valence-corrected chi connectivity index (χ2v) is 5.13. The molecule has 0 bridgehead atoms. The van der Waals surface area contributed by atoms with Gasteiger partial charge in [0.25, 0.3) is 5.91 Å². The highest BCUT2D eigenvalue weighted by atomic mass is 16.4. The van der Waals surface area contributed by atoms with Crippen molar-refractivity contribution in [2.45, 2.75) is 38.1 Å². The number of carbonyl (C=O) groups is 2. The summed E-state index contributed by atoms with van der Waals surface area (Å²) in [4.78, 5) is 24.9. The molecule has 1 heterocycles. The molecule has 2 rings (SSSR count). The molecule has 20 heavy (non-hydrogen) atoms. The van der Waals surface area contributed by atoms with Crippen LogP contribution < -0.4 is 0 Å². The van der Waals surface area contributed by atoms with Crippen LogP contribution in [-0.4, -0.2) is 39.6 Å². The van der Waals surface area contributed by atoms with Crippen LogP contribution in [0.5, 0.6) is 5.75 Å². The highest BCUT2D eigenvalue weighted by Crippen LogP contribution is 2.24. The van der Waals surface area contributed by atoms with Crippen molar-refractivity contribution >= 4 is 11.9 Å². The lowest BCUT2D eigenvalue weighted by Gasteiger charge is -2.35. The van der Waals surface area contributed by atoms with Crippen LogP contribution in [0.2, 0.25) is 0 Å². The quantitative estimate of drug-likeness (QED) is 0.884. The Morgan fingerprint density at radius 1 is 1.30 bits per heavy atom. The number of hydrogen-bond donors (Lipinski definition) is 2. The van der Waals surface area contributed by atoms with Gasteiger partial charge in [0, 0.05) is 24.6 Å². The van der Waals surface area contributed by atoms with Gasteiger partial charge in [-0.3, -0.25) is 9.59 Å². The van der Waals surface area contributed by atoms with Gasteiger partial charge in [0.1, 0.15) is 5.75 Å². The average Bonchev–Trinajstić information content (AvgIpc) is 2.44. The first kappa shape index (κ1) is 14.4. The Hall–Kier alpha value is -2.04. The zero-order chi connectivity index (χ0) is 14.5. The highest BCUT2D eigenvalue weighted by Gasteiger charge is 2.27. The first-order valence-corrected chi connectivity index (χ1v) is 6.89. The molecule has 2 N–H and O–H groups in total. The Bertz CT molecular complexity index is 500. The van der Waals surface area contributed by atoms with E-state index in [1.54, 1.807) is 17.0 Å². The number of phenolic OH excluding ortho intramolecular Hbond substituents is 1. The number of carboxylic acids is 1. The number of aromatic hydroxyl groups is 1. The number of aliphatic carboxylic acids is 1. The maximum Gasteiger partial charge on any atom is 0.303 e. The van der Waals surface area contributed by atoms with Gasteiger partial charge >= 0.3 is 5.97 Å². The van der Waals surface area contributed by atoms with E-state index >= 15 is 0 Å². The van der Waals surface area contributed by atoms with Crippen molar-refractivity contribution in [1.82, 2.24) is 4.90 Å². The van der Waals surface area contributed by atoms with Gasteiger partial charge in [0.2, 0.25) is 0 Å². The first-order valence-electron chi connectivity index (χ1n) is 6.89. The van der Waals surface area contributed by atoms with Crippen molar-refractivity contribution < 1.29 is 19.8 Å². The van der Waals surface area contributed by atoms with E-state index in [2.05, 4.69) is 0 Å². The summed E-state index contributed by atoms with van der Waals surface area (Å²) in [6.07, 6.45) is 3.37. The van der Waals surface area contributed by atoms with Crippen molar-refractivity contribution in [3.05, 3.63) is 29.8 Å². The van der Waals surface area contributed by atoms with Crippen LogP contribution in [0.15, 0.2) is 24.3 Å². The van der Waals surface area contributed by atoms with Gasteiger partial charge in [-0.05, 0) is 43.9 Å². The lowest BCUT2D eigenvalue weighted by atomic mass is 9.97. The molecule has 0 radical (unpaired) electrons. The van der Waals surface area contributed by atoms with Gasteiger partial charge in [0.15, 0.2) is 0 Å². The molecule has 0 saturated carbocycles. The van der Waals surface area contributed by atoms with E-state index in [9.17, 15) is 14.7 Å². The molecule has 0 aromatic heterocycles. The second kappa shape index (κ2) is 6.41. The minimum Gasteiger partial charge on any atom is -0.508 e. The zero-order valence-corrected chi connectivity index (χ0v) is 11.3. The minimum atomic E-state index is -0.833. The summed E-state index contributed by atoms with van der Waals surface area (Å²) < 4.78 is 0. The Kier molecular flexibility index (Phi) is 4.61. The summed E-state index contributed by atoms with van der Waals surface area (Å²) >= 11 is 0. The van der Waals surface area contributed by atoms with E-state index in [-0.39, 0.29) is 24.1 Å². The second-order valence-electron chi connectivity index (χ2n) is 5.13. The van der Waals surface area contributed by atoms with Crippen LogP contribution in [0.1, 0.15) is 42.5 Å². The summed E-state index contributed by atoms with van der Waals surface area (Å²) in [7, 11) is 0. The fourth-order valence-electron chi connectivity index (χ4n) is 2.66. The van der Waals surface area contributed by atoms with Gasteiger partial charge in [0.05, 0.1) is 0 Å². The normalized spacial score (nSPS) is 18.8. The van der Waals surface area contributed by atoms with Gasteiger partial charge in [-0.15, -0.1) is 0 Å². The van der Waals surface area contributed by atoms with Gasteiger partial charge < -0.3 is 15.1 Å². The summed E-state index contributed by atoms with van der Waals surface area (Å²) in [5.74, 6) is -0.897. The largest absolute Gasteiger partial charge is 0.508 e. The SMILES string of the molecule is O=C(O)CCC1CCCCN1C(=O)c1cccc(O)c1. The smallest absolute Gasteiger partial charge is 0.303 e. The number of phenols is 1. The fraction of sp³-hybridized carbons (Fsp3) is 0.467. The number of amides is 1. The van der Waals surface area contributed by atoms with E-state index in [1.165, 1.54) is 12.1 Å². The molecule has 0 spiro atoms. The summed E-state index contributed by atoms with van der Waals surface area (Å²) in [6.45, 7) is 0.652. The predicted octanol–water partition coefficient (Wildman–Crippen LogP) is 2.25. The zero-order valence-electron chi connectivity index (χ0n) is 11.3. The third-order valence-corrected chi connectivity index (χ3v) is 3.67. The summed E-state index contributed by atoms with van der Waals surface area (Å²) in [6, 6.07) is 6.26. The molecule has 108 valence electrons. The Balaban J connectivity index is 2.10. The predicted molar refractivity (Wildman–Crippen MR) is 73.7 cm³/mol. The lowest BCUT2D eigenvalue weighted by Crippen LogP contribution is -2.43. The number of carbonyl (C=O) groups excluding carboxylic acids is 1. The monoisotopic (exact) mass is 277 g/mol. The molecule has 5 nitrogen and oxygen atoms in total. The summed E-state index contributed by atoms with van der Waals surface area (Å²) in [5.41, 5.74) is 0.451. The van der Waals surface area contributed by atoms with Crippen LogP contribution in [0, 0.1) is 0 Å². The van der Waals surface area contributed by atoms with Gasteiger partial charge in [-0.1, -0.05) is 6.07 Å². The first-order chi connectivity index (χ1) is 9.58. The molecule has 0 aliphatic carbocycles. The number of piperidine rings is 1. The van der Waals surface area contributed by atoms with E-state index in [0.717, 1.165) is 19.3 Å². The van der Waals surface area contributed by atoms with Crippen molar-refractivity contribution in [3.63, 3.8) is 0 Å². The standard InChI is InChI=1S/C15H19NO4/c17-13-6-3-4-11(10-13)15(20)16-9-2-1-5-12(16)7-8-14(18)19/h3-4,6,10,12,17H,1-2,5,7-9H2,(H,18,19). The molecule has 1 aliphatic heterocycles. The maximum absolute atomic E-state index is 12.5. The number of carboxylic acid groups (broad SMARTS) is 1. The highest BCUT2D eigenvalue weighted by molar-refractivity contribution is 5.94. The molecular weight excluding hydrogens is 258 g/mol. The van der Waals surface area contributed by atoms with Crippen LogP contribution in [-0.2, 0) is 4.79 Å². The lowest BCUT2D eigenvalue weighted by molar-refractivity contribution is -0.137. The molecule has 1 aromatic rings. The van der Waals surface area contributed by atoms with Gasteiger partial charge in [-0.2, -0.15) is 0 Å². The van der Waals surface area contributed by atoms with Gasteiger partial charge in [-0.25, -0.2) is 0 Å². The Morgan fingerprint density at radius 3 is 2.80 bits per heavy atom. The van der Waals surface area contributed by atoms with E-state index in [1.807, 2.05) is 0 Å². The minimum absolute atomic E-state index is 0.0188. The third-order valence-electron chi connectivity index (χ3n) is 3.67. The van der Waals surface area contributed by atoms with Crippen LogP contribution >= 0.6 is 0 Å². The molecule has 1 fully saturated rings. The van der Waals surface area contributed by atoms with Crippen molar-refractivity contribution in [2.75, 3.05) is 6.54 Å². The molecule has 1 unspecified atom stereocenters. The maximum atomic E-state index is 12.5. The van der Waals surface area contributed by atoms with Crippen LogP contribution in [0.25, 0.3) is 0 Å². The molecule has 5 heteroatoms. The van der Waals surface area contributed by atoms with Crippen LogP contribution in [0.3, 0.4) is 0 Å². The number of likely N-dealkylation sites (tertiary alicyclic amines) is 1.